The molecule has 0 unspecified atom stereocenters. The van der Waals surface area contributed by atoms with E-state index < -0.39 is 46.6 Å². The van der Waals surface area contributed by atoms with E-state index in [0.29, 0.717) is 30.6 Å². The Morgan fingerprint density at radius 2 is 2.07 bits per heavy atom. The van der Waals surface area contributed by atoms with Gasteiger partial charge in [0.05, 0.1) is 18.3 Å². The average molecular weight is 406 g/mol. The zero-order valence-electron chi connectivity index (χ0n) is 14.4. The second-order valence-corrected chi connectivity index (χ2v) is 7.86. The lowest BCUT2D eigenvalue weighted by molar-refractivity contribution is -0.127. The monoisotopic (exact) mass is 406 g/mol. The van der Waals surface area contributed by atoms with Crippen LogP contribution in [-0.4, -0.2) is 97.2 Å². The van der Waals surface area contributed by atoms with E-state index in [-0.39, 0.29) is 26.9 Å². The standard InChI is InChI=1S/C13H20BFN4O7S/c15-9-6-17(14-7-20)4-3-10(9)16-12(21)11-2-1-8-5-18(11)13(22)19(8)26-27(23,24)25/h7-11,14H,1-6H2,(H,16,21)(H,23,24,25)/t8-,9-,10+,11+/m1/s1. The minimum atomic E-state index is -4.86. The number of hydroxylamine groups is 2. The second kappa shape index (κ2) is 7.69. The zero-order valence-corrected chi connectivity index (χ0v) is 15.2. The topological polar surface area (TPSA) is 137 Å². The predicted octanol–water partition coefficient (Wildman–Crippen LogP) is -1.94. The van der Waals surface area contributed by atoms with Gasteiger partial charge >= 0.3 is 16.4 Å². The van der Waals surface area contributed by atoms with Crippen LogP contribution in [0.2, 0.25) is 0 Å². The van der Waals surface area contributed by atoms with Crippen LogP contribution in [0, 0.1) is 0 Å². The molecule has 27 heavy (non-hydrogen) atoms. The number of halogens is 1. The van der Waals surface area contributed by atoms with Gasteiger partial charge in [0.25, 0.3) is 7.41 Å². The fraction of sp³-hybridized carbons (Fsp3) is 0.769. The van der Waals surface area contributed by atoms with Crippen LogP contribution < -0.4 is 5.32 Å². The van der Waals surface area contributed by atoms with Gasteiger partial charge in [-0.15, -0.1) is 4.28 Å². The van der Waals surface area contributed by atoms with Crippen LogP contribution in [0.15, 0.2) is 0 Å². The summed E-state index contributed by atoms with van der Waals surface area (Å²) in [4.78, 5) is 38.2. The number of rotatable bonds is 6. The molecule has 14 heteroatoms. The molecule has 3 saturated heterocycles. The molecule has 0 radical (unpaired) electrons. The van der Waals surface area contributed by atoms with Gasteiger partial charge in [0.1, 0.15) is 12.2 Å². The first-order chi connectivity index (χ1) is 12.7. The molecular weight excluding hydrogens is 386 g/mol. The van der Waals surface area contributed by atoms with E-state index in [1.165, 1.54) is 0 Å². The number of amides is 3. The van der Waals surface area contributed by atoms with E-state index in [4.69, 9.17) is 4.55 Å². The average Bonchev–Trinajstić information content (AvgIpc) is 2.81. The van der Waals surface area contributed by atoms with Crippen molar-refractivity contribution in [2.45, 2.75) is 43.6 Å². The second-order valence-electron chi connectivity index (χ2n) is 6.86. The van der Waals surface area contributed by atoms with Gasteiger partial charge in [0.15, 0.2) is 0 Å². The molecule has 2 bridgehead atoms. The van der Waals surface area contributed by atoms with E-state index in [1.807, 2.05) is 0 Å². The number of nitrogens with zero attached hydrogens (tertiary/aromatic N) is 3. The molecule has 3 amide bonds. The molecule has 4 atom stereocenters. The molecule has 3 heterocycles. The van der Waals surface area contributed by atoms with E-state index in [0.717, 1.165) is 4.90 Å². The van der Waals surface area contributed by atoms with E-state index in [9.17, 15) is 27.2 Å². The Labute approximate surface area is 155 Å². The summed E-state index contributed by atoms with van der Waals surface area (Å²) in [6, 6.07) is -3.03. The van der Waals surface area contributed by atoms with Crippen molar-refractivity contribution in [3.63, 3.8) is 0 Å². The molecule has 0 aliphatic carbocycles. The summed E-state index contributed by atoms with van der Waals surface area (Å²) in [5, 5.41) is 3.17. The van der Waals surface area contributed by atoms with E-state index in [2.05, 4.69) is 9.60 Å². The van der Waals surface area contributed by atoms with Gasteiger partial charge in [-0.3, -0.25) is 9.35 Å². The molecule has 0 aromatic heterocycles. The van der Waals surface area contributed by atoms with Crippen molar-refractivity contribution in [3.8, 4) is 0 Å². The smallest absolute Gasteiger partial charge is 0.349 e. The molecule has 3 aliphatic rings. The van der Waals surface area contributed by atoms with Crippen molar-refractivity contribution in [2.24, 2.45) is 0 Å². The first-order valence-electron chi connectivity index (χ1n) is 8.57. The third-order valence-corrected chi connectivity index (χ3v) is 5.43. The van der Waals surface area contributed by atoms with Crippen molar-refractivity contribution < 1.29 is 36.0 Å². The Bertz CT molecular complexity index is 725. The lowest BCUT2D eigenvalue weighted by Crippen LogP contribution is -2.57. The molecule has 0 aromatic carbocycles. The van der Waals surface area contributed by atoms with Crippen LogP contribution >= 0.6 is 0 Å². The molecular formula is C13H20BFN4O7S. The van der Waals surface area contributed by atoms with Crippen LogP contribution in [0.1, 0.15) is 19.3 Å². The van der Waals surface area contributed by atoms with Gasteiger partial charge in [0, 0.05) is 13.1 Å². The minimum Gasteiger partial charge on any atom is -0.349 e. The molecule has 3 aliphatic heterocycles. The first kappa shape index (κ1) is 20.0. The van der Waals surface area contributed by atoms with Gasteiger partial charge in [-0.2, -0.15) is 13.5 Å². The SMILES string of the molecule is O=CBN1CC[C@H](NC(=O)[C@@H]2CC[C@@H]3CN2C(=O)N3OS(=O)(=O)O)[C@H](F)C1. The Hall–Kier alpha value is -1.77. The third kappa shape index (κ3) is 4.39. The highest BCUT2D eigenvalue weighted by molar-refractivity contribution is 7.80. The Balaban J connectivity index is 1.60. The summed E-state index contributed by atoms with van der Waals surface area (Å²) >= 11 is 0. The molecule has 11 nitrogen and oxygen atoms in total. The van der Waals surface area contributed by atoms with Gasteiger partial charge in [-0.1, -0.05) is 0 Å². The van der Waals surface area contributed by atoms with Gasteiger partial charge < -0.3 is 19.8 Å². The quantitative estimate of drug-likeness (QED) is 0.295. The summed E-state index contributed by atoms with van der Waals surface area (Å²) in [7, 11) is -4.72. The van der Waals surface area contributed by atoms with Crippen LogP contribution in [0.4, 0.5) is 9.18 Å². The largest absolute Gasteiger partial charge is 0.418 e. The summed E-state index contributed by atoms with van der Waals surface area (Å²) in [5.74, 6) is -0.521. The fourth-order valence-electron chi connectivity index (χ4n) is 3.78. The lowest BCUT2D eigenvalue weighted by atomic mass is 9.89. The summed E-state index contributed by atoms with van der Waals surface area (Å²) < 4.78 is 49.1. The summed E-state index contributed by atoms with van der Waals surface area (Å²) in [5.41, 5.74) is 0. The molecule has 0 spiro atoms. The predicted molar refractivity (Wildman–Crippen MR) is 90.3 cm³/mol. The highest BCUT2D eigenvalue weighted by Crippen LogP contribution is 2.31. The van der Waals surface area contributed by atoms with Crippen LogP contribution in [-0.2, 0) is 24.3 Å². The Kier molecular flexibility index (Phi) is 5.69. The normalized spacial score (nSPS) is 31.7. The number of nitrogens with one attached hydrogen (secondary N) is 1. The molecule has 0 aromatic rings. The van der Waals surface area contributed by atoms with Crippen molar-refractivity contribution in [3.05, 3.63) is 0 Å². The maximum absolute atomic E-state index is 14.3. The lowest BCUT2D eigenvalue weighted by Gasteiger charge is -2.36. The van der Waals surface area contributed by atoms with Gasteiger partial charge in [-0.25, -0.2) is 9.18 Å². The Morgan fingerprint density at radius 1 is 1.33 bits per heavy atom. The van der Waals surface area contributed by atoms with Crippen molar-refractivity contribution in [1.29, 1.82) is 0 Å². The number of carbonyl (C=O) groups excluding carboxylic acids is 3. The number of fused-ring (bicyclic) bond motifs is 2. The highest BCUT2D eigenvalue weighted by atomic mass is 32.3. The first-order valence-corrected chi connectivity index (χ1v) is 9.93. The number of piperidine rings is 2. The highest BCUT2D eigenvalue weighted by Gasteiger charge is 2.49. The molecule has 3 rings (SSSR count). The maximum Gasteiger partial charge on any atom is 0.418 e. The van der Waals surface area contributed by atoms with Crippen molar-refractivity contribution >= 4 is 35.9 Å². The zero-order chi connectivity index (χ0) is 19.8. The number of carbonyl (C=O) groups is 3. The molecule has 150 valence electrons. The maximum atomic E-state index is 14.3. The van der Waals surface area contributed by atoms with Gasteiger partial charge in [-0.05, 0) is 25.8 Å². The molecule has 0 saturated carbocycles. The summed E-state index contributed by atoms with van der Waals surface area (Å²) in [6.07, 6.45) is 0.250. The van der Waals surface area contributed by atoms with Crippen molar-refractivity contribution in [1.82, 2.24) is 20.1 Å². The van der Waals surface area contributed by atoms with Crippen molar-refractivity contribution in [2.75, 3.05) is 19.6 Å². The number of hydrogen-bond donors (Lipinski definition) is 2. The molecule has 2 N–H and O–H groups in total. The van der Waals surface area contributed by atoms with Crippen LogP contribution in [0.3, 0.4) is 0 Å². The van der Waals surface area contributed by atoms with Gasteiger partial charge in [0.2, 0.25) is 5.91 Å². The number of urea groups is 1. The van der Waals surface area contributed by atoms with Crippen LogP contribution in [0.5, 0.6) is 0 Å². The van der Waals surface area contributed by atoms with E-state index in [1.54, 1.807) is 4.81 Å². The third-order valence-electron chi connectivity index (χ3n) is 5.09. The van der Waals surface area contributed by atoms with Crippen LogP contribution in [0.25, 0.3) is 0 Å². The molecule has 3 fully saturated rings. The number of alkyl halides is 1. The fourth-order valence-corrected chi connectivity index (χ4v) is 4.17. The minimum absolute atomic E-state index is 0.0368. The number of hydrogen-bond acceptors (Lipinski definition) is 7. The summed E-state index contributed by atoms with van der Waals surface area (Å²) in [6.45, 7) is 0.577. The van der Waals surface area contributed by atoms with E-state index >= 15 is 0 Å². The Morgan fingerprint density at radius 3 is 2.70 bits per heavy atom.